The normalized spacial score (nSPS) is 12.1. The Labute approximate surface area is 134 Å². The number of nitrogens with two attached hydrogens (primary N) is 1. The van der Waals surface area contributed by atoms with Crippen molar-refractivity contribution in [3.05, 3.63) is 57.1 Å². The number of methoxy groups -OCH3 is 2. The fraction of sp³-hybridized carbons (Fsp3) is 0.294. The van der Waals surface area contributed by atoms with Crippen molar-refractivity contribution < 1.29 is 9.47 Å². The molecule has 0 amide bonds. The van der Waals surface area contributed by atoms with Crippen molar-refractivity contribution >= 4 is 15.9 Å². The molecule has 112 valence electrons. The zero-order valence-electron chi connectivity index (χ0n) is 12.7. The van der Waals surface area contributed by atoms with Crippen molar-refractivity contribution in [3.8, 4) is 11.5 Å². The highest BCUT2D eigenvalue weighted by atomic mass is 79.9. The summed E-state index contributed by atoms with van der Waals surface area (Å²) in [5.41, 5.74) is 10.8. The Bertz CT molecular complexity index is 655. The maximum absolute atomic E-state index is 6.43. The van der Waals surface area contributed by atoms with Crippen LogP contribution in [0.3, 0.4) is 0 Å². The minimum absolute atomic E-state index is 0.207. The highest BCUT2D eigenvalue weighted by Crippen LogP contribution is 2.34. The molecule has 4 heteroatoms. The first-order valence-electron chi connectivity index (χ1n) is 6.72. The third kappa shape index (κ3) is 3.22. The van der Waals surface area contributed by atoms with Gasteiger partial charge >= 0.3 is 0 Å². The van der Waals surface area contributed by atoms with E-state index in [2.05, 4.69) is 41.1 Å². The highest BCUT2D eigenvalue weighted by Gasteiger charge is 2.16. The van der Waals surface area contributed by atoms with Gasteiger partial charge in [0.05, 0.1) is 20.3 Å². The monoisotopic (exact) mass is 349 g/mol. The molecule has 0 fully saturated rings. The van der Waals surface area contributed by atoms with Crippen LogP contribution < -0.4 is 15.2 Å². The molecule has 0 saturated carbocycles. The van der Waals surface area contributed by atoms with Gasteiger partial charge in [-0.1, -0.05) is 28.1 Å². The van der Waals surface area contributed by atoms with E-state index in [1.807, 2.05) is 19.1 Å². The molecule has 0 aliphatic carbocycles. The molecule has 0 radical (unpaired) electrons. The Morgan fingerprint density at radius 1 is 0.952 bits per heavy atom. The molecular formula is C17H20BrNO2. The molecular weight excluding hydrogens is 330 g/mol. The lowest BCUT2D eigenvalue weighted by atomic mass is 9.94. The van der Waals surface area contributed by atoms with Gasteiger partial charge in [-0.25, -0.2) is 0 Å². The Balaban J connectivity index is 2.47. The first-order chi connectivity index (χ1) is 9.97. The van der Waals surface area contributed by atoms with Gasteiger partial charge in [0.1, 0.15) is 0 Å². The number of hydrogen-bond acceptors (Lipinski definition) is 3. The van der Waals surface area contributed by atoms with Gasteiger partial charge in [-0.2, -0.15) is 0 Å². The molecule has 0 bridgehead atoms. The van der Waals surface area contributed by atoms with E-state index in [9.17, 15) is 0 Å². The van der Waals surface area contributed by atoms with E-state index in [1.54, 1.807) is 14.2 Å². The van der Waals surface area contributed by atoms with Crippen LogP contribution in [-0.4, -0.2) is 14.2 Å². The smallest absolute Gasteiger partial charge is 0.161 e. The summed E-state index contributed by atoms with van der Waals surface area (Å²) in [5, 5.41) is 0. The maximum Gasteiger partial charge on any atom is 0.161 e. The van der Waals surface area contributed by atoms with E-state index in [4.69, 9.17) is 15.2 Å². The fourth-order valence-electron chi connectivity index (χ4n) is 2.31. The Morgan fingerprint density at radius 2 is 1.57 bits per heavy atom. The second kappa shape index (κ2) is 6.50. The van der Waals surface area contributed by atoms with E-state index < -0.39 is 0 Å². The van der Waals surface area contributed by atoms with Crippen molar-refractivity contribution in [1.29, 1.82) is 0 Å². The van der Waals surface area contributed by atoms with Gasteiger partial charge in [0.15, 0.2) is 11.5 Å². The summed E-state index contributed by atoms with van der Waals surface area (Å²) in [7, 11) is 3.26. The summed E-state index contributed by atoms with van der Waals surface area (Å²) < 4.78 is 11.8. The van der Waals surface area contributed by atoms with Crippen LogP contribution in [0.1, 0.15) is 28.3 Å². The summed E-state index contributed by atoms with van der Waals surface area (Å²) in [6, 6.07) is 9.89. The number of aryl methyl sites for hydroxylation is 2. The van der Waals surface area contributed by atoms with Crippen molar-refractivity contribution in [2.45, 2.75) is 19.9 Å². The minimum atomic E-state index is -0.207. The molecule has 0 aromatic heterocycles. The van der Waals surface area contributed by atoms with Crippen molar-refractivity contribution in [1.82, 2.24) is 0 Å². The molecule has 3 nitrogen and oxygen atoms in total. The lowest BCUT2D eigenvalue weighted by Crippen LogP contribution is -2.14. The van der Waals surface area contributed by atoms with E-state index >= 15 is 0 Å². The van der Waals surface area contributed by atoms with Gasteiger partial charge in [0, 0.05) is 4.47 Å². The summed E-state index contributed by atoms with van der Waals surface area (Å²) in [6.07, 6.45) is 0. The van der Waals surface area contributed by atoms with E-state index in [0.717, 1.165) is 26.9 Å². The fourth-order valence-corrected chi connectivity index (χ4v) is 2.71. The Kier molecular flexibility index (Phi) is 4.91. The summed E-state index contributed by atoms with van der Waals surface area (Å²) in [4.78, 5) is 0. The van der Waals surface area contributed by atoms with Gasteiger partial charge < -0.3 is 15.2 Å². The van der Waals surface area contributed by atoms with Crippen LogP contribution in [0.4, 0.5) is 0 Å². The maximum atomic E-state index is 6.43. The van der Waals surface area contributed by atoms with Crippen LogP contribution in [-0.2, 0) is 0 Å². The van der Waals surface area contributed by atoms with Gasteiger partial charge in [0.25, 0.3) is 0 Å². The molecule has 21 heavy (non-hydrogen) atoms. The number of benzene rings is 2. The van der Waals surface area contributed by atoms with Crippen LogP contribution in [0.25, 0.3) is 0 Å². The third-order valence-electron chi connectivity index (χ3n) is 3.66. The predicted octanol–water partition coefficient (Wildman–Crippen LogP) is 4.13. The first kappa shape index (κ1) is 15.9. The zero-order valence-corrected chi connectivity index (χ0v) is 14.3. The van der Waals surface area contributed by atoms with Crippen LogP contribution in [0.5, 0.6) is 11.5 Å². The van der Waals surface area contributed by atoms with Crippen LogP contribution >= 0.6 is 15.9 Å². The van der Waals surface area contributed by atoms with Gasteiger partial charge in [-0.05, 0) is 54.3 Å². The molecule has 2 aromatic rings. The first-order valence-corrected chi connectivity index (χ1v) is 7.51. The number of hydrogen-bond donors (Lipinski definition) is 1. The van der Waals surface area contributed by atoms with Crippen LogP contribution in [0.15, 0.2) is 34.8 Å². The topological polar surface area (TPSA) is 44.5 Å². The predicted molar refractivity (Wildman–Crippen MR) is 89.2 cm³/mol. The highest BCUT2D eigenvalue weighted by molar-refractivity contribution is 9.10. The molecule has 0 saturated heterocycles. The molecule has 0 heterocycles. The largest absolute Gasteiger partial charge is 0.493 e. The SMILES string of the molecule is COc1cc(C)c(C(N)c2ccc(C)c(Br)c2)cc1OC. The standard InChI is InChI=1S/C17H20BrNO2/c1-10-5-6-12(8-14(10)18)17(19)13-9-16(21-4)15(20-3)7-11(13)2/h5-9,17H,19H2,1-4H3. The number of rotatable bonds is 4. The summed E-state index contributed by atoms with van der Waals surface area (Å²) >= 11 is 3.56. The van der Waals surface area contributed by atoms with Gasteiger partial charge in [-0.15, -0.1) is 0 Å². The lowest BCUT2D eigenvalue weighted by Gasteiger charge is -2.19. The van der Waals surface area contributed by atoms with Crippen molar-refractivity contribution in [2.24, 2.45) is 5.73 Å². The average Bonchev–Trinajstić information content (AvgIpc) is 2.49. The average molecular weight is 350 g/mol. The molecule has 0 aliphatic rings. The van der Waals surface area contributed by atoms with E-state index in [0.29, 0.717) is 5.75 Å². The van der Waals surface area contributed by atoms with E-state index in [1.165, 1.54) is 5.56 Å². The van der Waals surface area contributed by atoms with Gasteiger partial charge in [0.2, 0.25) is 0 Å². The van der Waals surface area contributed by atoms with Crippen molar-refractivity contribution in [2.75, 3.05) is 14.2 Å². The minimum Gasteiger partial charge on any atom is -0.493 e. The molecule has 1 atom stereocenters. The number of ether oxygens (including phenoxy) is 2. The second-order valence-electron chi connectivity index (χ2n) is 5.05. The molecule has 0 spiro atoms. The summed E-state index contributed by atoms with van der Waals surface area (Å²) in [5.74, 6) is 1.41. The zero-order chi connectivity index (χ0) is 15.6. The second-order valence-corrected chi connectivity index (χ2v) is 5.90. The third-order valence-corrected chi connectivity index (χ3v) is 4.52. The quantitative estimate of drug-likeness (QED) is 0.902. The van der Waals surface area contributed by atoms with Crippen LogP contribution in [0, 0.1) is 13.8 Å². The Hall–Kier alpha value is -1.52. The van der Waals surface area contributed by atoms with Gasteiger partial charge in [-0.3, -0.25) is 0 Å². The molecule has 1 unspecified atom stereocenters. The molecule has 0 aliphatic heterocycles. The number of halogens is 1. The van der Waals surface area contributed by atoms with E-state index in [-0.39, 0.29) is 6.04 Å². The van der Waals surface area contributed by atoms with Crippen LogP contribution in [0.2, 0.25) is 0 Å². The molecule has 2 aromatic carbocycles. The summed E-state index contributed by atoms with van der Waals surface area (Å²) in [6.45, 7) is 4.08. The molecule has 2 rings (SSSR count). The lowest BCUT2D eigenvalue weighted by molar-refractivity contribution is 0.354. The Morgan fingerprint density at radius 3 is 2.14 bits per heavy atom. The molecule has 2 N–H and O–H groups in total. The van der Waals surface area contributed by atoms with Crippen molar-refractivity contribution in [3.63, 3.8) is 0 Å².